The molecule has 0 aromatic carbocycles. The Labute approximate surface area is 105 Å². The summed E-state index contributed by atoms with van der Waals surface area (Å²) in [5.74, 6) is -1.10. The summed E-state index contributed by atoms with van der Waals surface area (Å²) in [7, 11) is -2.82. The molecule has 1 aromatic rings. The van der Waals surface area contributed by atoms with Gasteiger partial charge in [0.25, 0.3) is 10.1 Å². The second-order valence-corrected chi connectivity index (χ2v) is 5.52. The summed E-state index contributed by atoms with van der Waals surface area (Å²) in [5, 5.41) is -1.08. The molecule has 0 saturated heterocycles. The monoisotopic (exact) mass is 278 g/mol. The van der Waals surface area contributed by atoms with E-state index in [0.717, 1.165) is 12.4 Å². The maximum atomic E-state index is 12.7. The van der Waals surface area contributed by atoms with E-state index in [-0.39, 0.29) is 18.9 Å². The van der Waals surface area contributed by atoms with Gasteiger partial charge in [-0.05, 0) is 6.42 Å². The lowest BCUT2D eigenvalue weighted by atomic mass is 10.0. The molecule has 1 rings (SSSR count). The zero-order chi connectivity index (χ0) is 13.8. The van der Waals surface area contributed by atoms with Crippen LogP contribution in [0.2, 0.25) is 0 Å². The Morgan fingerprint density at radius 1 is 1.44 bits per heavy atom. The fraction of sp³-hybridized carbons (Fsp3) is 0.600. The van der Waals surface area contributed by atoms with E-state index in [2.05, 4.69) is 9.97 Å². The fourth-order valence-corrected chi connectivity index (χ4v) is 2.65. The first-order valence-electron chi connectivity index (χ1n) is 5.29. The Morgan fingerprint density at radius 2 is 2.00 bits per heavy atom. The van der Waals surface area contributed by atoms with Gasteiger partial charge >= 0.3 is 0 Å². The number of nitrogens with zero attached hydrogens (tertiary/aromatic N) is 2. The standard InChI is InChI=1S/C10H15FN2O4S/c1-7(10-12-5-8(11)6-13-10)9(3-4-17-2)18(14,15)16/h5-7,9H,3-4H2,1-2H3,(H,14,15,16)/t7-,9-/m1/s1. The molecule has 0 aliphatic heterocycles. The summed E-state index contributed by atoms with van der Waals surface area (Å²) in [6.45, 7) is 1.73. The Hall–Kier alpha value is -1.12. The molecule has 6 nitrogen and oxygen atoms in total. The second-order valence-electron chi connectivity index (χ2n) is 3.88. The SMILES string of the molecule is COCC[C@H]([C@@H](C)c1ncc(F)cn1)S(=O)(=O)O. The van der Waals surface area contributed by atoms with E-state index in [4.69, 9.17) is 4.74 Å². The van der Waals surface area contributed by atoms with Gasteiger partial charge in [-0.25, -0.2) is 14.4 Å². The van der Waals surface area contributed by atoms with E-state index in [1.165, 1.54) is 7.11 Å². The molecule has 0 bridgehead atoms. The minimum Gasteiger partial charge on any atom is -0.385 e. The number of hydrogen-bond acceptors (Lipinski definition) is 5. The van der Waals surface area contributed by atoms with Crippen molar-refractivity contribution in [3.63, 3.8) is 0 Å². The summed E-state index contributed by atoms with van der Waals surface area (Å²) >= 11 is 0. The first-order chi connectivity index (χ1) is 8.36. The lowest BCUT2D eigenvalue weighted by molar-refractivity contribution is 0.190. The van der Waals surface area contributed by atoms with Crippen molar-refractivity contribution >= 4 is 10.1 Å². The lowest BCUT2D eigenvalue weighted by Gasteiger charge is -2.19. The third-order valence-corrected chi connectivity index (χ3v) is 4.00. The highest BCUT2D eigenvalue weighted by atomic mass is 32.2. The lowest BCUT2D eigenvalue weighted by Crippen LogP contribution is -2.29. The number of rotatable bonds is 6. The molecule has 1 aromatic heterocycles. The van der Waals surface area contributed by atoms with Crippen LogP contribution in [0.15, 0.2) is 12.4 Å². The van der Waals surface area contributed by atoms with Crippen molar-refractivity contribution in [2.75, 3.05) is 13.7 Å². The quantitative estimate of drug-likeness (QED) is 0.781. The maximum absolute atomic E-state index is 12.7. The molecular formula is C10H15FN2O4S. The number of halogens is 1. The van der Waals surface area contributed by atoms with Crippen molar-refractivity contribution in [3.05, 3.63) is 24.0 Å². The van der Waals surface area contributed by atoms with Crippen molar-refractivity contribution in [1.82, 2.24) is 9.97 Å². The Balaban J connectivity index is 2.95. The third kappa shape index (κ3) is 3.97. The molecule has 0 radical (unpaired) electrons. The zero-order valence-corrected chi connectivity index (χ0v) is 10.9. The maximum Gasteiger partial charge on any atom is 0.268 e. The Morgan fingerprint density at radius 3 is 2.44 bits per heavy atom. The van der Waals surface area contributed by atoms with Gasteiger partial charge in [-0.1, -0.05) is 6.92 Å². The van der Waals surface area contributed by atoms with Gasteiger partial charge in [0.15, 0.2) is 5.82 Å². The second kappa shape index (κ2) is 6.17. The van der Waals surface area contributed by atoms with Gasteiger partial charge in [0.2, 0.25) is 0 Å². The average Bonchev–Trinajstić information content (AvgIpc) is 2.28. The number of aromatic nitrogens is 2. The molecule has 1 heterocycles. The minimum absolute atomic E-state index is 0.108. The zero-order valence-electron chi connectivity index (χ0n) is 10.1. The van der Waals surface area contributed by atoms with E-state index >= 15 is 0 Å². The number of hydrogen-bond donors (Lipinski definition) is 1. The van der Waals surface area contributed by atoms with E-state index in [0.29, 0.717) is 0 Å². The van der Waals surface area contributed by atoms with Crippen LogP contribution in [-0.4, -0.2) is 41.9 Å². The fourth-order valence-electron chi connectivity index (χ4n) is 1.61. The van der Waals surface area contributed by atoms with Gasteiger partial charge in [-0.3, -0.25) is 4.55 Å². The molecule has 2 atom stereocenters. The molecule has 0 fully saturated rings. The largest absolute Gasteiger partial charge is 0.385 e. The molecule has 1 N–H and O–H groups in total. The smallest absolute Gasteiger partial charge is 0.268 e. The third-order valence-electron chi connectivity index (χ3n) is 2.59. The predicted molar refractivity (Wildman–Crippen MR) is 62.2 cm³/mol. The van der Waals surface area contributed by atoms with Crippen LogP contribution in [0.3, 0.4) is 0 Å². The first kappa shape index (κ1) is 14.9. The molecular weight excluding hydrogens is 263 g/mol. The van der Waals surface area contributed by atoms with Crippen molar-refractivity contribution in [1.29, 1.82) is 0 Å². The molecule has 0 unspecified atom stereocenters. The molecule has 0 aliphatic rings. The van der Waals surface area contributed by atoms with E-state index in [9.17, 15) is 17.4 Å². The van der Waals surface area contributed by atoms with Crippen LogP contribution in [0.4, 0.5) is 4.39 Å². The van der Waals surface area contributed by atoms with Gasteiger partial charge in [0, 0.05) is 19.6 Å². The van der Waals surface area contributed by atoms with Crippen molar-refractivity contribution in [2.24, 2.45) is 0 Å². The number of ether oxygens (including phenoxy) is 1. The highest BCUT2D eigenvalue weighted by Crippen LogP contribution is 2.23. The van der Waals surface area contributed by atoms with Crippen molar-refractivity contribution in [3.8, 4) is 0 Å². The Bertz CT molecular complexity index is 477. The molecule has 102 valence electrons. The summed E-state index contributed by atoms with van der Waals surface area (Å²) in [6, 6.07) is 0. The van der Waals surface area contributed by atoms with Gasteiger partial charge in [0.05, 0.1) is 17.6 Å². The molecule has 0 aliphatic carbocycles. The highest BCUT2D eigenvalue weighted by Gasteiger charge is 2.31. The summed E-state index contributed by atoms with van der Waals surface area (Å²) < 4.78 is 49.2. The van der Waals surface area contributed by atoms with Crippen molar-refractivity contribution in [2.45, 2.75) is 24.5 Å². The van der Waals surface area contributed by atoms with Crippen LogP contribution in [0.25, 0.3) is 0 Å². The van der Waals surface area contributed by atoms with Crippen LogP contribution in [-0.2, 0) is 14.9 Å². The van der Waals surface area contributed by atoms with Crippen LogP contribution in [0, 0.1) is 5.82 Å². The molecule has 0 saturated carbocycles. The van der Waals surface area contributed by atoms with Gasteiger partial charge in [-0.2, -0.15) is 8.42 Å². The van der Waals surface area contributed by atoms with Crippen LogP contribution in [0.5, 0.6) is 0 Å². The topological polar surface area (TPSA) is 89.4 Å². The van der Waals surface area contributed by atoms with Gasteiger partial charge in [0.1, 0.15) is 5.82 Å². The predicted octanol–water partition coefficient (Wildman–Crippen LogP) is 1.01. The summed E-state index contributed by atoms with van der Waals surface area (Å²) in [5.41, 5.74) is 0. The normalized spacial score (nSPS) is 15.3. The molecule has 0 spiro atoms. The summed E-state index contributed by atoms with van der Waals surface area (Å²) in [4.78, 5) is 7.44. The van der Waals surface area contributed by atoms with E-state index in [1.54, 1.807) is 6.92 Å². The van der Waals surface area contributed by atoms with Gasteiger partial charge < -0.3 is 4.74 Å². The minimum atomic E-state index is -4.25. The van der Waals surface area contributed by atoms with E-state index in [1.807, 2.05) is 0 Å². The molecule has 0 amide bonds. The summed E-state index contributed by atoms with van der Waals surface area (Å²) in [6.07, 6.45) is 2.02. The van der Waals surface area contributed by atoms with Gasteiger partial charge in [-0.15, -0.1) is 0 Å². The first-order valence-corrected chi connectivity index (χ1v) is 6.79. The highest BCUT2D eigenvalue weighted by molar-refractivity contribution is 7.86. The van der Waals surface area contributed by atoms with E-state index < -0.39 is 27.1 Å². The van der Waals surface area contributed by atoms with Crippen LogP contribution < -0.4 is 0 Å². The molecule has 8 heteroatoms. The Kier molecular flexibility index (Phi) is 5.12. The average molecular weight is 278 g/mol. The van der Waals surface area contributed by atoms with Crippen LogP contribution in [0.1, 0.15) is 25.1 Å². The van der Waals surface area contributed by atoms with Crippen LogP contribution >= 0.6 is 0 Å². The number of methoxy groups -OCH3 is 1. The molecule has 18 heavy (non-hydrogen) atoms. The van der Waals surface area contributed by atoms with Crippen molar-refractivity contribution < 1.29 is 22.1 Å².